The average Bonchev–Trinajstić information content (AvgIpc) is 2.75. The van der Waals surface area contributed by atoms with E-state index in [4.69, 9.17) is 4.74 Å². The predicted octanol–water partition coefficient (Wildman–Crippen LogP) is 3.74. The van der Waals surface area contributed by atoms with Gasteiger partial charge in [-0.15, -0.1) is 0 Å². The van der Waals surface area contributed by atoms with Gasteiger partial charge in [0.05, 0.1) is 20.8 Å². The molecular formula is C18H14N6O7. The minimum absolute atomic E-state index is 0.0928. The summed E-state index contributed by atoms with van der Waals surface area (Å²) in [6, 6.07) is 5.88. The molecule has 0 amide bonds. The van der Waals surface area contributed by atoms with Crippen LogP contribution >= 0.6 is 0 Å². The largest absolute Gasteiger partial charge is 0.450 e. The number of benzene rings is 1. The van der Waals surface area contributed by atoms with E-state index in [2.05, 4.69) is 15.5 Å². The molecule has 13 nitrogen and oxygen atoms in total. The normalized spacial score (nSPS) is 15.4. The van der Waals surface area contributed by atoms with E-state index in [0.29, 0.717) is 18.0 Å². The van der Waals surface area contributed by atoms with E-state index in [9.17, 15) is 30.3 Å². The van der Waals surface area contributed by atoms with Gasteiger partial charge >= 0.3 is 5.69 Å². The molecule has 0 saturated heterocycles. The van der Waals surface area contributed by atoms with Crippen LogP contribution in [0.4, 0.5) is 22.9 Å². The Balaban J connectivity index is 1.59. The highest BCUT2D eigenvalue weighted by atomic mass is 16.6. The SMILES string of the molecule is O=[N+]([O-])c1ccc(N/N=C\[C@@H]2C=CC(Oc3ccc([N+](=O)[O-])cc3[N+](=O)[O-])=CC2)nc1. The van der Waals surface area contributed by atoms with Crippen LogP contribution in [0.2, 0.25) is 0 Å². The summed E-state index contributed by atoms with van der Waals surface area (Å²) in [6.07, 6.45) is 8.27. The standard InChI is InChI=1S/C18H14N6O7/c25-22(26)13-3-7-17(16(9-13)24(29)30)31-15-5-1-12(2-6-15)10-20-21-18-8-4-14(11-19-18)23(27)28/h1,3-12H,2H2,(H,19,21)/b20-10-/t12-/m1/s1. The van der Waals surface area contributed by atoms with Gasteiger partial charge < -0.3 is 4.74 Å². The van der Waals surface area contributed by atoms with Crippen LogP contribution in [0, 0.1) is 36.3 Å². The number of ether oxygens (including phenoxy) is 1. The topological polar surface area (TPSA) is 176 Å². The lowest BCUT2D eigenvalue weighted by molar-refractivity contribution is -0.394. The minimum atomic E-state index is -0.747. The van der Waals surface area contributed by atoms with Gasteiger partial charge in [0, 0.05) is 24.3 Å². The van der Waals surface area contributed by atoms with Crippen LogP contribution in [0.1, 0.15) is 6.42 Å². The molecule has 0 saturated carbocycles. The number of non-ortho nitro benzene ring substituents is 1. The van der Waals surface area contributed by atoms with E-state index in [1.807, 2.05) is 0 Å². The second kappa shape index (κ2) is 9.21. The van der Waals surface area contributed by atoms with Crippen molar-refractivity contribution in [3.63, 3.8) is 0 Å². The fourth-order valence-corrected chi connectivity index (χ4v) is 2.54. The number of hydrogen-bond donors (Lipinski definition) is 1. The summed E-state index contributed by atoms with van der Waals surface area (Å²) in [6.45, 7) is 0. The van der Waals surface area contributed by atoms with Gasteiger partial charge in [-0.05, 0) is 30.7 Å². The molecule has 0 bridgehead atoms. The Hall–Kier alpha value is -4.68. The van der Waals surface area contributed by atoms with Gasteiger partial charge in [0.1, 0.15) is 17.8 Å². The van der Waals surface area contributed by atoms with Crippen molar-refractivity contribution in [1.82, 2.24) is 4.98 Å². The van der Waals surface area contributed by atoms with Crippen molar-refractivity contribution < 1.29 is 19.5 Å². The molecule has 158 valence electrons. The molecule has 13 heteroatoms. The second-order valence-electron chi connectivity index (χ2n) is 6.18. The zero-order chi connectivity index (χ0) is 22.4. The molecule has 0 fully saturated rings. The number of hydrogen-bond acceptors (Lipinski definition) is 10. The number of hydrazone groups is 1. The monoisotopic (exact) mass is 426 g/mol. The number of anilines is 1. The number of nitrogens with zero attached hydrogens (tertiary/aromatic N) is 5. The molecule has 1 aromatic carbocycles. The predicted molar refractivity (Wildman–Crippen MR) is 109 cm³/mol. The Labute approximate surface area is 173 Å². The van der Waals surface area contributed by atoms with Crippen molar-refractivity contribution >= 4 is 29.1 Å². The third kappa shape index (κ3) is 5.44. The van der Waals surface area contributed by atoms with E-state index in [0.717, 1.165) is 18.3 Å². The zero-order valence-corrected chi connectivity index (χ0v) is 15.7. The Morgan fingerprint density at radius 3 is 2.39 bits per heavy atom. The molecule has 3 rings (SSSR count). The number of nitro groups is 3. The van der Waals surface area contributed by atoms with E-state index in [1.54, 1.807) is 24.4 Å². The average molecular weight is 426 g/mol. The van der Waals surface area contributed by atoms with Crippen molar-refractivity contribution in [3.05, 3.63) is 90.9 Å². The molecule has 0 radical (unpaired) electrons. The summed E-state index contributed by atoms with van der Waals surface area (Å²) in [4.78, 5) is 34.4. The van der Waals surface area contributed by atoms with Crippen LogP contribution < -0.4 is 10.2 Å². The third-order valence-electron chi connectivity index (χ3n) is 4.08. The fraction of sp³-hybridized carbons (Fsp3) is 0.111. The smallest absolute Gasteiger partial charge is 0.318 e. The van der Waals surface area contributed by atoms with Crippen LogP contribution in [-0.4, -0.2) is 26.0 Å². The van der Waals surface area contributed by atoms with E-state index < -0.39 is 26.1 Å². The molecule has 1 aromatic heterocycles. The van der Waals surface area contributed by atoms with Crippen molar-refractivity contribution in [2.45, 2.75) is 6.42 Å². The number of nitro benzene ring substituents is 2. The van der Waals surface area contributed by atoms with Crippen LogP contribution in [0.25, 0.3) is 0 Å². The lowest BCUT2D eigenvalue weighted by Gasteiger charge is -2.13. The number of pyridine rings is 1. The maximum Gasteiger partial charge on any atom is 0.318 e. The summed E-state index contributed by atoms with van der Waals surface area (Å²) in [5.41, 5.74) is 1.62. The molecule has 1 atom stereocenters. The maximum absolute atomic E-state index is 11.2. The number of allylic oxidation sites excluding steroid dienone is 3. The molecule has 31 heavy (non-hydrogen) atoms. The molecule has 0 unspecified atom stereocenters. The first-order valence-corrected chi connectivity index (χ1v) is 8.72. The van der Waals surface area contributed by atoms with Crippen molar-refractivity contribution in [3.8, 4) is 5.75 Å². The summed E-state index contributed by atoms with van der Waals surface area (Å²) in [5.74, 6) is 0.493. The molecule has 0 aliphatic heterocycles. The van der Waals surface area contributed by atoms with Crippen molar-refractivity contribution in [2.24, 2.45) is 11.0 Å². The highest BCUT2D eigenvalue weighted by Crippen LogP contribution is 2.33. The highest BCUT2D eigenvalue weighted by Gasteiger charge is 2.22. The number of aromatic nitrogens is 1. The first-order valence-electron chi connectivity index (χ1n) is 8.72. The lowest BCUT2D eigenvalue weighted by atomic mass is 10.0. The van der Waals surface area contributed by atoms with Gasteiger partial charge in [-0.1, -0.05) is 6.08 Å². The van der Waals surface area contributed by atoms with Crippen LogP contribution in [-0.2, 0) is 0 Å². The van der Waals surface area contributed by atoms with Gasteiger partial charge in [0.2, 0.25) is 5.75 Å². The maximum atomic E-state index is 11.2. The molecule has 0 spiro atoms. The Bertz CT molecular complexity index is 1110. The summed E-state index contributed by atoms with van der Waals surface area (Å²) >= 11 is 0. The molecule has 2 aromatic rings. The third-order valence-corrected chi connectivity index (χ3v) is 4.08. The van der Waals surface area contributed by atoms with Gasteiger partial charge in [0.25, 0.3) is 11.4 Å². The number of nitrogens with one attached hydrogen (secondary N) is 1. The Morgan fingerprint density at radius 2 is 1.81 bits per heavy atom. The van der Waals surface area contributed by atoms with Gasteiger partial charge in [-0.3, -0.25) is 35.8 Å². The quantitative estimate of drug-likeness (QED) is 0.374. The zero-order valence-electron chi connectivity index (χ0n) is 15.7. The van der Waals surface area contributed by atoms with Crippen molar-refractivity contribution in [2.75, 3.05) is 5.43 Å². The van der Waals surface area contributed by atoms with E-state index in [1.165, 1.54) is 18.2 Å². The van der Waals surface area contributed by atoms with Crippen LogP contribution in [0.15, 0.2) is 65.6 Å². The van der Waals surface area contributed by atoms with E-state index in [-0.39, 0.29) is 17.4 Å². The van der Waals surface area contributed by atoms with E-state index >= 15 is 0 Å². The molecule has 1 aliphatic carbocycles. The molecule has 1 N–H and O–H groups in total. The van der Waals surface area contributed by atoms with Gasteiger partial charge in [0.15, 0.2) is 0 Å². The van der Waals surface area contributed by atoms with Crippen LogP contribution in [0.3, 0.4) is 0 Å². The first-order chi connectivity index (χ1) is 14.8. The Kier molecular flexibility index (Phi) is 6.25. The van der Waals surface area contributed by atoms with Crippen molar-refractivity contribution in [1.29, 1.82) is 0 Å². The fourth-order valence-electron chi connectivity index (χ4n) is 2.54. The molecular weight excluding hydrogens is 412 g/mol. The molecule has 1 heterocycles. The van der Waals surface area contributed by atoms with Gasteiger partial charge in [-0.25, -0.2) is 4.98 Å². The van der Waals surface area contributed by atoms with Gasteiger partial charge in [-0.2, -0.15) is 5.10 Å². The summed E-state index contributed by atoms with van der Waals surface area (Å²) in [7, 11) is 0. The highest BCUT2D eigenvalue weighted by molar-refractivity contribution is 5.65. The minimum Gasteiger partial charge on any atom is -0.450 e. The summed E-state index contributed by atoms with van der Waals surface area (Å²) in [5, 5.41) is 36.6. The number of rotatable bonds is 8. The first kappa shape index (κ1) is 21.0. The summed E-state index contributed by atoms with van der Waals surface area (Å²) < 4.78 is 5.52. The Morgan fingerprint density at radius 1 is 1.06 bits per heavy atom. The van der Waals surface area contributed by atoms with Crippen LogP contribution in [0.5, 0.6) is 5.75 Å². The lowest BCUT2D eigenvalue weighted by Crippen LogP contribution is -2.06. The second-order valence-corrected chi connectivity index (χ2v) is 6.18. The molecule has 1 aliphatic rings.